The lowest BCUT2D eigenvalue weighted by atomic mass is 9.77. The molecule has 3 aromatic rings. The third-order valence-electron chi connectivity index (χ3n) is 5.26. The van der Waals surface area contributed by atoms with Crippen LogP contribution in [-0.4, -0.2) is 6.21 Å². The Bertz CT molecular complexity index is 1080. The summed E-state index contributed by atoms with van der Waals surface area (Å²) in [5, 5.41) is 6.96. The highest BCUT2D eigenvalue weighted by molar-refractivity contribution is 5.86. The second kappa shape index (κ2) is 7.47. The van der Waals surface area contributed by atoms with Gasteiger partial charge in [0.05, 0.1) is 11.9 Å². The number of anilines is 1. The SMILES string of the molecule is CC(C)(C)C1=CC=CC1c1ccccc1C=NNc1ccc2ccccc2c1. The quantitative estimate of drug-likeness (QED) is 0.394. The van der Waals surface area contributed by atoms with Crippen molar-refractivity contribution in [1.29, 1.82) is 0 Å². The van der Waals surface area contributed by atoms with E-state index >= 15 is 0 Å². The summed E-state index contributed by atoms with van der Waals surface area (Å²) in [4.78, 5) is 0. The largest absolute Gasteiger partial charge is 0.278 e. The van der Waals surface area contributed by atoms with Crippen LogP contribution in [0, 0.1) is 5.41 Å². The Morgan fingerprint density at radius 2 is 1.64 bits per heavy atom. The number of hydrogen-bond donors (Lipinski definition) is 1. The Morgan fingerprint density at radius 1 is 0.893 bits per heavy atom. The van der Waals surface area contributed by atoms with Crippen molar-refractivity contribution in [2.24, 2.45) is 10.5 Å². The second-order valence-corrected chi connectivity index (χ2v) is 8.30. The van der Waals surface area contributed by atoms with E-state index in [1.165, 1.54) is 21.9 Å². The lowest BCUT2D eigenvalue weighted by molar-refractivity contribution is 0.483. The van der Waals surface area contributed by atoms with Crippen molar-refractivity contribution in [3.05, 3.63) is 102 Å². The molecule has 0 saturated carbocycles. The van der Waals surface area contributed by atoms with Crippen LogP contribution in [0.15, 0.2) is 95.6 Å². The van der Waals surface area contributed by atoms with Gasteiger partial charge in [0.2, 0.25) is 0 Å². The molecule has 1 aliphatic rings. The number of benzene rings is 3. The number of allylic oxidation sites excluding steroid dienone is 4. The zero-order valence-corrected chi connectivity index (χ0v) is 16.7. The van der Waals surface area contributed by atoms with Crippen LogP contribution in [0.25, 0.3) is 10.8 Å². The fourth-order valence-electron chi connectivity index (χ4n) is 3.81. The van der Waals surface area contributed by atoms with Crippen molar-refractivity contribution in [3.8, 4) is 0 Å². The molecule has 28 heavy (non-hydrogen) atoms. The molecule has 0 spiro atoms. The van der Waals surface area contributed by atoms with Crippen LogP contribution < -0.4 is 5.43 Å². The van der Waals surface area contributed by atoms with E-state index in [1.807, 2.05) is 6.21 Å². The van der Waals surface area contributed by atoms with E-state index in [-0.39, 0.29) is 5.41 Å². The van der Waals surface area contributed by atoms with Crippen molar-refractivity contribution in [2.45, 2.75) is 26.7 Å². The zero-order valence-electron chi connectivity index (χ0n) is 16.7. The minimum absolute atomic E-state index is 0.141. The molecule has 1 N–H and O–H groups in total. The minimum atomic E-state index is 0.141. The maximum Gasteiger partial charge on any atom is 0.0568 e. The van der Waals surface area contributed by atoms with Crippen molar-refractivity contribution >= 4 is 22.7 Å². The fraction of sp³-hybridized carbons (Fsp3) is 0.192. The maximum absolute atomic E-state index is 4.52. The van der Waals surface area contributed by atoms with Gasteiger partial charge in [-0.3, -0.25) is 5.43 Å². The van der Waals surface area contributed by atoms with Gasteiger partial charge in [0.1, 0.15) is 0 Å². The molecular weight excluding hydrogens is 340 g/mol. The molecule has 0 heterocycles. The maximum atomic E-state index is 4.52. The van der Waals surface area contributed by atoms with E-state index in [9.17, 15) is 0 Å². The van der Waals surface area contributed by atoms with Crippen LogP contribution >= 0.6 is 0 Å². The van der Waals surface area contributed by atoms with Crippen molar-refractivity contribution in [3.63, 3.8) is 0 Å². The Kier molecular flexibility index (Phi) is 4.87. The summed E-state index contributed by atoms with van der Waals surface area (Å²) in [7, 11) is 0. The Morgan fingerprint density at radius 3 is 2.46 bits per heavy atom. The lowest BCUT2D eigenvalue weighted by Gasteiger charge is -2.27. The van der Waals surface area contributed by atoms with Gasteiger partial charge in [0.15, 0.2) is 0 Å². The summed E-state index contributed by atoms with van der Waals surface area (Å²) in [6.07, 6.45) is 8.64. The molecule has 0 bridgehead atoms. The summed E-state index contributed by atoms with van der Waals surface area (Å²) in [6.45, 7) is 6.82. The number of nitrogens with one attached hydrogen (secondary N) is 1. The smallest absolute Gasteiger partial charge is 0.0568 e. The molecule has 1 unspecified atom stereocenters. The summed E-state index contributed by atoms with van der Waals surface area (Å²) in [5.74, 6) is 0.309. The van der Waals surface area contributed by atoms with Gasteiger partial charge in [0, 0.05) is 5.92 Å². The summed E-state index contributed by atoms with van der Waals surface area (Å²) in [5.41, 5.74) is 8.19. The number of rotatable bonds is 4. The number of hydrogen-bond acceptors (Lipinski definition) is 2. The standard InChI is InChI=1S/C26H26N2/c1-26(2,3)25-14-8-13-24(25)23-12-7-6-11-21(23)18-27-28-22-16-15-19-9-4-5-10-20(19)17-22/h4-18,24,28H,1-3H3. The van der Waals surface area contributed by atoms with Gasteiger partial charge in [-0.2, -0.15) is 5.10 Å². The van der Waals surface area contributed by atoms with Gasteiger partial charge in [-0.1, -0.05) is 99.2 Å². The zero-order chi connectivity index (χ0) is 19.6. The van der Waals surface area contributed by atoms with Crippen LogP contribution in [-0.2, 0) is 0 Å². The fourth-order valence-corrected chi connectivity index (χ4v) is 3.81. The van der Waals surface area contributed by atoms with Crippen molar-refractivity contribution < 1.29 is 0 Å². The molecule has 0 aromatic heterocycles. The summed E-state index contributed by atoms with van der Waals surface area (Å²) in [6, 6.07) is 23.2. The number of fused-ring (bicyclic) bond motifs is 1. The number of hydrazone groups is 1. The topological polar surface area (TPSA) is 24.4 Å². The van der Waals surface area contributed by atoms with E-state index in [0.29, 0.717) is 5.92 Å². The molecule has 0 aliphatic heterocycles. The molecule has 2 nitrogen and oxygen atoms in total. The van der Waals surface area contributed by atoms with E-state index in [4.69, 9.17) is 0 Å². The molecule has 2 heteroatoms. The molecule has 0 saturated heterocycles. The van der Waals surface area contributed by atoms with E-state index in [0.717, 1.165) is 11.3 Å². The molecule has 4 rings (SSSR count). The molecule has 1 aliphatic carbocycles. The van der Waals surface area contributed by atoms with Crippen molar-refractivity contribution in [2.75, 3.05) is 5.43 Å². The highest BCUT2D eigenvalue weighted by atomic mass is 15.3. The van der Waals surface area contributed by atoms with Crippen LogP contribution in [0.1, 0.15) is 37.8 Å². The van der Waals surface area contributed by atoms with Gasteiger partial charge in [0.25, 0.3) is 0 Å². The monoisotopic (exact) mass is 366 g/mol. The molecule has 1 atom stereocenters. The van der Waals surface area contributed by atoms with Crippen LogP contribution in [0.2, 0.25) is 0 Å². The van der Waals surface area contributed by atoms with Gasteiger partial charge in [-0.05, 0) is 39.4 Å². The van der Waals surface area contributed by atoms with E-state index < -0.39 is 0 Å². The van der Waals surface area contributed by atoms with Gasteiger partial charge < -0.3 is 0 Å². The predicted octanol–water partition coefficient (Wildman–Crippen LogP) is 6.91. The molecule has 0 radical (unpaired) electrons. The number of nitrogens with zero attached hydrogens (tertiary/aromatic N) is 1. The Labute approximate surface area is 167 Å². The van der Waals surface area contributed by atoms with E-state index in [1.54, 1.807) is 0 Å². The second-order valence-electron chi connectivity index (χ2n) is 8.30. The van der Waals surface area contributed by atoms with Crippen LogP contribution in [0.3, 0.4) is 0 Å². The molecule has 0 fully saturated rings. The lowest BCUT2D eigenvalue weighted by Crippen LogP contribution is -2.15. The average Bonchev–Trinajstić information content (AvgIpc) is 3.18. The van der Waals surface area contributed by atoms with Crippen LogP contribution in [0.5, 0.6) is 0 Å². The molecule has 0 amide bonds. The molecule has 3 aromatic carbocycles. The summed E-state index contributed by atoms with van der Waals surface area (Å²) >= 11 is 0. The van der Waals surface area contributed by atoms with E-state index in [2.05, 4.69) is 116 Å². The third-order valence-corrected chi connectivity index (χ3v) is 5.26. The highest BCUT2D eigenvalue weighted by Gasteiger charge is 2.27. The van der Waals surface area contributed by atoms with Crippen LogP contribution in [0.4, 0.5) is 5.69 Å². The summed E-state index contributed by atoms with van der Waals surface area (Å²) < 4.78 is 0. The van der Waals surface area contributed by atoms with Crippen molar-refractivity contribution in [1.82, 2.24) is 0 Å². The highest BCUT2D eigenvalue weighted by Crippen LogP contribution is 2.41. The average molecular weight is 367 g/mol. The first kappa shape index (κ1) is 18.2. The molecule has 140 valence electrons. The third kappa shape index (κ3) is 3.77. The first-order chi connectivity index (χ1) is 13.5. The van der Waals surface area contributed by atoms with Gasteiger partial charge in [-0.15, -0.1) is 0 Å². The molecular formula is C26H26N2. The first-order valence-corrected chi connectivity index (χ1v) is 9.78. The van der Waals surface area contributed by atoms with Gasteiger partial charge >= 0.3 is 0 Å². The minimum Gasteiger partial charge on any atom is -0.278 e. The first-order valence-electron chi connectivity index (χ1n) is 9.78. The predicted molar refractivity (Wildman–Crippen MR) is 121 cm³/mol. The Hall–Kier alpha value is -3.13. The Balaban J connectivity index is 1.57. The van der Waals surface area contributed by atoms with Gasteiger partial charge in [-0.25, -0.2) is 0 Å². The normalized spacial score (nSPS) is 16.7.